The van der Waals surface area contributed by atoms with Crippen molar-refractivity contribution in [3.8, 4) is 11.5 Å². The second-order valence-electron chi connectivity index (χ2n) is 34.9. The lowest BCUT2D eigenvalue weighted by Gasteiger charge is -2.43. The molecular formula is C112H113Cl3F2N12O10. The van der Waals surface area contributed by atoms with E-state index in [1.165, 1.54) is 31.2 Å². The summed E-state index contributed by atoms with van der Waals surface area (Å²) in [6, 6.07) is 89.6. The van der Waals surface area contributed by atoms with Gasteiger partial charge < -0.3 is 63.0 Å². The fourth-order valence-electron chi connectivity index (χ4n) is 19.1. The quantitative estimate of drug-likeness (QED) is 0.0620. The predicted molar refractivity (Wildman–Crippen MR) is 552 cm³/mol. The third-order valence-electron chi connectivity index (χ3n) is 25.5. The zero-order chi connectivity index (χ0) is 99.0. The van der Waals surface area contributed by atoms with Gasteiger partial charge in [0.25, 0.3) is 23.6 Å². The Balaban J connectivity index is 0.000000148. The average molecular weight is 1930 g/mol. The summed E-state index contributed by atoms with van der Waals surface area (Å²) >= 11 is 18.2. The molecule has 0 N–H and O–H groups in total. The van der Waals surface area contributed by atoms with E-state index in [2.05, 4.69) is 35.4 Å². The van der Waals surface area contributed by atoms with Gasteiger partial charge in [-0.15, -0.1) is 0 Å². The fourth-order valence-corrected chi connectivity index (χ4v) is 19.5. The van der Waals surface area contributed by atoms with Gasteiger partial charge in [0.1, 0.15) is 18.1 Å². The van der Waals surface area contributed by atoms with Crippen LogP contribution < -0.4 is 58.5 Å². The Kier molecular flexibility index (Phi) is 33.0. The molecule has 0 bridgehead atoms. The van der Waals surface area contributed by atoms with E-state index in [9.17, 15) is 47.1 Å². The Morgan fingerprint density at radius 1 is 0.360 bits per heavy atom. The van der Waals surface area contributed by atoms with Crippen LogP contribution >= 0.6 is 34.8 Å². The number of alkyl halides is 2. The molecule has 139 heavy (non-hydrogen) atoms. The number of halogens is 5. The van der Waals surface area contributed by atoms with Gasteiger partial charge in [0.2, 0.25) is 23.6 Å². The standard InChI is InChI=1S/C30H29ClN4O3.C29H33N3O2.C27H28ClN3O2.C26H23ClF2N2O3/c1-21-19-29(35(22(2)36)25-11-9-24(31)10-12-25)27-5-3-4-6-28(27)34(21)30(37)23-7-13-26(14-8-23)38-18-17-33-16-15-32-20-33;1-5-30(6-2)24-18-16-23(17-19-24)29(34)31-21(3)20-28(26-14-10-11-15-27(26)31)32(22(4)33)25-12-8-7-9-13-25;1-18-17-26(31(19(2)32)23-15-11-21(28)12-16-23)24-7-5-6-8-25(24)30(18)27(33)20-9-13-22(14-10-20)29(3)4;1-16-15-24(31(17(2)32)20-11-9-19(27)10-12-20)22-5-3-4-6-23(22)30(16)25(33)18-7-13-21(14-8-18)34-26(28)29/h3-16,20-21,29H,17-19H2,1-2H3;7-19,21,28H,5-6,20H2,1-4H3;5-16,18,26H,17H2,1-4H3;3-14,16,24,26H,15H2,1-2H3/t21-,29+;21-,28+;18-,26+;16-,24+/m0000/s1. The molecule has 5 heterocycles. The highest BCUT2D eigenvalue weighted by Gasteiger charge is 2.44. The van der Waals surface area contributed by atoms with Crippen molar-refractivity contribution in [1.29, 1.82) is 0 Å². The lowest BCUT2D eigenvalue weighted by atomic mass is 9.89. The number of hydrogen-bond acceptors (Lipinski definition) is 13. The van der Waals surface area contributed by atoms with Crippen LogP contribution in [0.4, 0.5) is 65.7 Å². The molecule has 1 aromatic heterocycles. The van der Waals surface area contributed by atoms with Gasteiger partial charge in [-0.3, -0.25) is 38.4 Å². The summed E-state index contributed by atoms with van der Waals surface area (Å²) in [6.45, 7) is 18.7. The van der Waals surface area contributed by atoms with Crippen molar-refractivity contribution in [3.05, 3.63) is 376 Å². The van der Waals surface area contributed by atoms with E-state index in [-0.39, 0.29) is 101 Å². The van der Waals surface area contributed by atoms with Gasteiger partial charge in [-0.2, -0.15) is 8.78 Å². The van der Waals surface area contributed by atoms with Crippen LogP contribution in [0.5, 0.6) is 11.5 Å². The Hall–Kier alpha value is -14.5. The highest BCUT2D eigenvalue weighted by molar-refractivity contribution is 6.31. The summed E-state index contributed by atoms with van der Waals surface area (Å²) in [4.78, 5) is 128. The summed E-state index contributed by atoms with van der Waals surface area (Å²) in [5.74, 6) is 0.0303. The van der Waals surface area contributed by atoms with Crippen molar-refractivity contribution in [2.75, 3.05) is 82.8 Å². The first kappa shape index (κ1) is 100. The molecule has 0 saturated carbocycles. The minimum atomic E-state index is -2.93. The summed E-state index contributed by atoms with van der Waals surface area (Å²) in [7, 11) is 3.95. The molecule has 27 heteroatoms. The van der Waals surface area contributed by atoms with Gasteiger partial charge in [0.15, 0.2) is 0 Å². The number of carbonyl (C=O) groups excluding carboxylic acids is 8. The van der Waals surface area contributed by atoms with Gasteiger partial charge >= 0.3 is 6.61 Å². The van der Waals surface area contributed by atoms with Crippen LogP contribution in [-0.2, 0) is 25.7 Å². The molecule has 0 spiro atoms. The number of anilines is 10. The van der Waals surface area contributed by atoms with E-state index >= 15 is 0 Å². The maximum Gasteiger partial charge on any atom is 0.387 e. The third kappa shape index (κ3) is 23.2. The Bertz CT molecular complexity index is 6450. The van der Waals surface area contributed by atoms with Crippen LogP contribution in [0.15, 0.2) is 316 Å². The first-order chi connectivity index (χ1) is 66.9. The summed E-state index contributed by atoms with van der Waals surface area (Å²) in [5, 5.41) is 1.81. The Morgan fingerprint density at radius 3 is 0.914 bits per heavy atom. The maximum atomic E-state index is 13.8. The molecule has 0 unspecified atom stereocenters. The molecule has 716 valence electrons. The number of nitrogens with zero attached hydrogens (tertiary/aromatic N) is 12. The van der Waals surface area contributed by atoms with E-state index in [0.29, 0.717) is 87.6 Å². The van der Waals surface area contributed by atoms with Crippen LogP contribution in [-0.4, -0.2) is 121 Å². The highest BCUT2D eigenvalue weighted by atomic mass is 35.5. The molecule has 4 aliphatic rings. The van der Waals surface area contributed by atoms with E-state index in [0.717, 1.165) is 86.5 Å². The summed E-state index contributed by atoms with van der Waals surface area (Å²) in [6.07, 6.45) is 7.77. The molecule has 0 aliphatic carbocycles. The van der Waals surface area contributed by atoms with Crippen LogP contribution in [0.25, 0.3) is 0 Å². The number of aromatic nitrogens is 2. The molecule has 8 amide bonds. The second-order valence-corrected chi connectivity index (χ2v) is 36.2. The average Bonchev–Trinajstić information content (AvgIpc) is 0.798. The normalized spacial score (nSPS) is 17.1. The van der Waals surface area contributed by atoms with Gasteiger partial charge in [-0.1, -0.05) is 126 Å². The van der Waals surface area contributed by atoms with Gasteiger partial charge in [0, 0.05) is 186 Å². The number of benzene rings is 12. The van der Waals surface area contributed by atoms with Crippen molar-refractivity contribution < 1.29 is 56.6 Å². The van der Waals surface area contributed by atoms with Gasteiger partial charge in [0.05, 0.1) is 37.0 Å². The zero-order valence-electron chi connectivity index (χ0n) is 79.7. The van der Waals surface area contributed by atoms with Crippen molar-refractivity contribution >= 4 is 139 Å². The highest BCUT2D eigenvalue weighted by Crippen LogP contribution is 2.49. The molecule has 0 saturated heterocycles. The Morgan fingerprint density at radius 2 is 0.633 bits per heavy atom. The molecule has 13 aromatic rings. The number of rotatable bonds is 22. The molecule has 12 aromatic carbocycles. The minimum Gasteiger partial charge on any atom is -0.492 e. The van der Waals surface area contributed by atoms with Crippen LogP contribution in [0.3, 0.4) is 0 Å². The monoisotopic (exact) mass is 1930 g/mol. The molecule has 8 atom stereocenters. The van der Waals surface area contributed by atoms with Crippen LogP contribution in [0.1, 0.15) is 183 Å². The number of amides is 8. The van der Waals surface area contributed by atoms with Crippen LogP contribution in [0, 0.1) is 0 Å². The Labute approximate surface area is 826 Å². The molecule has 4 aliphatic heterocycles. The van der Waals surface area contributed by atoms with Gasteiger partial charge in [-0.05, 0) is 296 Å². The fraction of sp³-hybridized carbons (Fsp3) is 0.259. The lowest BCUT2D eigenvalue weighted by Crippen LogP contribution is -2.47. The number of para-hydroxylation sites is 5. The number of fused-ring (bicyclic) bond motifs is 4. The number of carbonyl (C=O) groups is 8. The molecule has 0 radical (unpaired) electrons. The largest absolute Gasteiger partial charge is 0.492 e. The molecule has 17 rings (SSSR count). The topological polar surface area (TPSA) is 205 Å². The number of hydrogen-bond donors (Lipinski definition) is 0. The van der Waals surface area contributed by atoms with Crippen LogP contribution in [0.2, 0.25) is 15.1 Å². The first-order valence-electron chi connectivity index (χ1n) is 46.5. The maximum absolute atomic E-state index is 13.8. The van der Waals surface area contributed by atoms with E-state index in [1.807, 2.05) is 282 Å². The zero-order valence-corrected chi connectivity index (χ0v) is 82.0. The number of imidazole rings is 1. The second kappa shape index (κ2) is 45.7. The third-order valence-corrected chi connectivity index (χ3v) is 26.3. The van der Waals surface area contributed by atoms with E-state index < -0.39 is 6.61 Å². The first-order valence-corrected chi connectivity index (χ1v) is 47.6. The lowest BCUT2D eigenvalue weighted by molar-refractivity contribution is -0.118. The predicted octanol–water partition coefficient (Wildman–Crippen LogP) is 24.6. The van der Waals surface area contributed by atoms with Gasteiger partial charge in [-0.25, -0.2) is 4.98 Å². The minimum absolute atomic E-state index is 0.00929. The summed E-state index contributed by atoms with van der Waals surface area (Å²) < 4.78 is 37.1. The number of ether oxygens (including phenoxy) is 2. The molecule has 0 fully saturated rings. The van der Waals surface area contributed by atoms with Crippen molar-refractivity contribution in [2.45, 2.75) is 156 Å². The van der Waals surface area contributed by atoms with Crippen molar-refractivity contribution in [3.63, 3.8) is 0 Å². The molecule has 22 nitrogen and oxygen atoms in total. The SMILES string of the molecule is CC(=O)N(c1ccc(Cl)cc1)[C@@H]1C[C@H](C)N(C(=O)c2ccc(N(C)C)cc2)c2ccccc21.CC(=O)N(c1ccc(Cl)cc1)[C@@H]1C[C@H](C)N(C(=O)c2ccc(OC(F)F)cc2)c2ccccc21.CC(=O)N(c1ccc(Cl)cc1)[C@@H]1C[C@H](C)N(C(=O)c2ccc(OCCn3ccnc3)cc2)c2ccccc21.CCN(CC)c1ccc(C(=O)N2c3ccccc3[C@H](N(C(C)=O)c3ccccc3)C[C@@H]2C)cc1. The molecular weight excluding hydrogens is 1820 g/mol. The smallest absolute Gasteiger partial charge is 0.387 e. The van der Waals surface area contributed by atoms with E-state index in [4.69, 9.17) is 39.5 Å². The van der Waals surface area contributed by atoms with Crippen molar-refractivity contribution in [1.82, 2.24) is 9.55 Å². The van der Waals surface area contributed by atoms with Crippen molar-refractivity contribution in [2.24, 2.45) is 0 Å². The summed E-state index contributed by atoms with van der Waals surface area (Å²) in [5.41, 5.74) is 14.5. The van der Waals surface area contributed by atoms with E-state index in [1.54, 1.807) is 114 Å².